The van der Waals surface area contributed by atoms with E-state index in [9.17, 15) is 4.79 Å². The minimum absolute atomic E-state index is 0.259. The van der Waals surface area contributed by atoms with Crippen LogP contribution in [0.5, 0.6) is 0 Å². The van der Waals surface area contributed by atoms with Gasteiger partial charge in [0, 0.05) is 12.5 Å². The van der Waals surface area contributed by atoms with Gasteiger partial charge in [0.25, 0.3) is 0 Å². The van der Waals surface area contributed by atoms with E-state index in [4.69, 9.17) is 10.8 Å². The van der Waals surface area contributed by atoms with Crippen LogP contribution in [0, 0.1) is 5.92 Å². The van der Waals surface area contributed by atoms with E-state index in [0.29, 0.717) is 5.92 Å². The summed E-state index contributed by atoms with van der Waals surface area (Å²) in [5.74, 6) is -0.241. The Balaban J connectivity index is 2.20. The molecular weight excluding hydrogens is 142 g/mol. The lowest BCUT2D eigenvalue weighted by Gasteiger charge is -2.12. The zero-order valence-corrected chi connectivity index (χ0v) is 6.62. The van der Waals surface area contributed by atoms with Gasteiger partial charge in [0.1, 0.15) is 0 Å². The Morgan fingerprint density at radius 2 is 2.27 bits per heavy atom. The van der Waals surface area contributed by atoms with Crippen molar-refractivity contribution >= 4 is 5.97 Å². The van der Waals surface area contributed by atoms with Gasteiger partial charge in [-0.25, -0.2) is 0 Å². The summed E-state index contributed by atoms with van der Waals surface area (Å²) in [4.78, 5) is 10.2. The molecule has 11 heavy (non-hydrogen) atoms. The van der Waals surface area contributed by atoms with Crippen LogP contribution in [0.4, 0.5) is 0 Å². The number of carboxylic acid groups (broad SMARTS) is 1. The first kappa shape index (κ1) is 8.53. The fourth-order valence-corrected chi connectivity index (χ4v) is 1.73. The number of hydrogen-bond donors (Lipinski definition) is 2. The first-order valence-electron chi connectivity index (χ1n) is 4.17. The van der Waals surface area contributed by atoms with Crippen LogP contribution in [0.2, 0.25) is 0 Å². The Kier molecular flexibility index (Phi) is 2.88. The Morgan fingerprint density at radius 1 is 1.55 bits per heavy atom. The molecule has 0 unspecified atom stereocenters. The van der Waals surface area contributed by atoms with Crippen LogP contribution in [-0.4, -0.2) is 17.1 Å². The van der Waals surface area contributed by atoms with E-state index in [1.165, 1.54) is 6.42 Å². The van der Waals surface area contributed by atoms with Gasteiger partial charge in [-0.2, -0.15) is 0 Å². The van der Waals surface area contributed by atoms with Gasteiger partial charge in [-0.3, -0.25) is 4.79 Å². The predicted molar refractivity (Wildman–Crippen MR) is 42.2 cm³/mol. The van der Waals surface area contributed by atoms with E-state index in [2.05, 4.69) is 0 Å². The van der Waals surface area contributed by atoms with Crippen molar-refractivity contribution in [3.63, 3.8) is 0 Å². The third kappa shape index (κ3) is 2.50. The molecule has 3 N–H and O–H groups in total. The summed E-state index contributed by atoms with van der Waals surface area (Å²) in [6.07, 6.45) is 4.40. The first-order valence-corrected chi connectivity index (χ1v) is 4.17. The summed E-state index contributed by atoms with van der Waals surface area (Å²) < 4.78 is 0. The molecule has 1 fully saturated rings. The lowest BCUT2D eigenvalue weighted by atomic mass is 9.98. The van der Waals surface area contributed by atoms with Gasteiger partial charge >= 0.3 is 5.97 Å². The molecule has 0 radical (unpaired) electrons. The van der Waals surface area contributed by atoms with Crippen LogP contribution in [0.15, 0.2) is 0 Å². The van der Waals surface area contributed by atoms with Gasteiger partial charge in [-0.05, 0) is 25.2 Å². The SMILES string of the molecule is N[C@@H]1CCC[C@@H]1CCC(=O)O. The Hall–Kier alpha value is -0.570. The van der Waals surface area contributed by atoms with E-state index in [1.807, 2.05) is 0 Å². The molecular formula is C8H15NO2. The van der Waals surface area contributed by atoms with Crippen molar-refractivity contribution in [3.8, 4) is 0 Å². The Morgan fingerprint density at radius 3 is 2.73 bits per heavy atom. The van der Waals surface area contributed by atoms with Crippen molar-refractivity contribution < 1.29 is 9.90 Å². The summed E-state index contributed by atoms with van der Waals surface area (Å²) in [6.45, 7) is 0. The van der Waals surface area contributed by atoms with Gasteiger partial charge < -0.3 is 10.8 Å². The molecule has 0 spiro atoms. The van der Waals surface area contributed by atoms with Gasteiger partial charge in [0.2, 0.25) is 0 Å². The molecule has 1 aliphatic rings. The van der Waals surface area contributed by atoms with E-state index in [-0.39, 0.29) is 12.5 Å². The quantitative estimate of drug-likeness (QED) is 0.641. The van der Waals surface area contributed by atoms with Crippen molar-refractivity contribution in [1.82, 2.24) is 0 Å². The molecule has 1 saturated carbocycles. The summed E-state index contributed by atoms with van der Waals surface area (Å²) in [7, 11) is 0. The second-order valence-electron chi connectivity index (χ2n) is 3.29. The maximum atomic E-state index is 10.2. The van der Waals surface area contributed by atoms with E-state index in [1.54, 1.807) is 0 Å². The first-order chi connectivity index (χ1) is 5.20. The Labute approximate surface area is 66.6 Å². The normalized spacial score (nSPS) is 30.6. The van der Waals surface area contributed by atoms with Crippen molar-refractivity contribution in [2.24, 2.45) is 11.7 Å². The van der Waals surface area contributed by atoms with Crippen LogP contribution in [0.3, 0.4) is 0 Å². The fraction of sp³-hybridized carbons (Fsp3) is 0.875. The summed E-state index contributed by atoms with van der Waals surface area (Å²) >= 11 is 0. The summed E-state index contributed by atoms with van der Waals surface area (Å²) in [6, 6.07) is 0.259. The third-order valence-electron chi connectivity index (χ3n) is 2.45. The largest absolute Gasteiger partial charge is 0.481 e. The maximum absolute atomic E-state index is 10.2. The van der Waals surface area contributed by atoms with Crippen LogP contribution in [0.1, 0.15) is 32.1 Å². The second-order valence-corrected chi connectivity index (χ2v) is 3.29. The molecule has 1 aliphatic carbocycles. The smallest absolute Gasteiger partial charge is 0.303 e. The van der Waals surface area contributed by atoms with Crippen LogP contribution >= 0.6 is 0 Å². The highest BCUT2D eigenvalue weighted by Gasteiger charge is 2.23. The van der Waals surface area contributed by atoms with E-state index in [0.717, 1.165) is 19.3 Å². The summed E-state index contributed by atoms with van der Waals surface area (Å²) in [5, 5.41) is 8.42. The molecule has 0 aliphatic heterocycles. The zero-order chi connectivity index (χ0) is 8.27. The standard InChI is InChI=1S/C8H15NO2/c9-7-3-1-2-6(7)4-5-8(10)11/h6-7H,1-5,9H2,(H,10,11)/t6-,7-/m1/s1. The van der Waals surface area contributed by atoms with Crippen LogP contribution in [0.25, 0.3) is 0 Å². The second kappa shape index (κ2) is 3.72. The van der Waals surface area contributed by atoms with Gasteiger partial charge in [-0.15, -0.1) is 0 Å². The van der Waals surface area contributed by atoms with E-state index < -0.39 is 5.97 Å². The highest BCUT2D eigenvalue weighted by atomic mass is 16.4. The zero-order valence-electron chi connectivity index (χ0n) is 6.62. The van der Waals surface area contributed by atoms with Gasteiger partial charge in [0.15, 0.2) is 0 Å². The van der Waals surface area contributed by atoms with Crippen molar-refractivity contribution in [3.05, 3.63) is 0 Å². The molecule has 0 saturated heterocycles. The van der Waals surface area contributed by atoms with Gasteiger partial charge in [0.05, 0.1) is 0 Å². The number of carboxylic acids is 1. The maximum Gasteiger partial charge on any atom is 0.303 e. The molecule has 0 aromatic heterocycles. The highest BCUT2D eigenvalue weighted by Crippen LogP contribution is 2.27. The molecule has 64 valence electrons. The molecule has 0 aromatic rings. The highest BCUT2D eigenvalue weighted by molar-refractivity contribution is 5.66. The number of carbonyl (C=O) groups is 1. The number of nitrogens with two attached hydrogens (primary N) is 1. The topological polar surface area (TPSA) is 63.3 Å². The lowest BCUT2D eigenvalue weighted by molar-refractivity contribution is -0.137. The summed E-state index contributed by atoms with van der Waals surface area (Å²) in [5.41, 5.74) is 5.77. The Bertz CT molecular complexity index is 147. The van der Waals surface area contributed by atoms with Crippen LogP contribution < -0.4 is 5.73 Å². The molecule has 3 nitrogen and oxygen atoms in total. The van der Waals surface area contributed by atoms with Crippen molar-refractivity contribution in [2.75, 3.05) is 0 Å². The third-order valence-corrected chi connectivity index (χ3v) is 2.45. The van der Waals surface area contributed by atoms with E-state index >= 15 is 0 Å². The molecule has 0 aromatic carbocycles. The number of hydrogen-bond acceptors (Lipinski definition) is 2. The fourth-order valence-electron chi connectivity index (χ4n) is 1.73. The molecule has 2 atom stereocenters. The molecule has 1 rings (SSSR count). The van der Waals surface area contributed by atoms with Crippen molar-refractivity contribution in [1.29, 1.82) is 0 Å². The minimum atomic E-state index is -0.705. The molecule has 0 heterocycles. The van der Waals surface area contributed by atoms with Crippen molar-refractivity contribution in [2.45, 2.75) is 38.1 Å². The predicted octanol–water partition coefficient (Wildman–Crippen LogP) is 0.979. The molecule has 0 bridgehead atoms. The number of rotatable bonds is 3. The minimum Gasteiger partial charge on any atom is -0.481 e. The van der Waals surface area contributed by atoms with Crippen LogP contribution in [-0.2, 0) is 4.79 Å². The molecule has 0 amide bonds. The molecule has 3 heteroatoms. The lowest BCUT2D eigenvalue weighted by Crippen LogP contribution is -2.24. The monoisotopic (exact) mass is 157 g/mol. The average molecular weight is 157 g/mol. The number of aliphatic carboxylic acids is 1. The average Bonchev–Trinajstić information content (AvgIpc) is 2.31. The van der Waals surface area contributed by atoms with Gasteiger partial charge in [-0.1, -0.05) is 6.42 Å².